The van der Waals surface area contributed by atoms with Crippen molar-refractivity contribution >= 4 is 21.6 Å². The van der Waals surface area contributed by atoms with Crippen LogP contribution >= 0.6 is 15.9 Å². The van der Waals surface area contributed by atoms with Crippen molar-refractivity contribution in [2.75, 3.05) is 6.54 Å². The molecule has 0 radical (unpaired) electrons. The van der Waals surface area contributed by atoms with E-state index in [1.54, 1.807) is 6.92 Å². The first kappa shape index (κ1) is 15.2. The summed E-state index contributed by atoms with van der Waals surface area (Å²) in [6, 6.07) is 0.619. The number of aromatic nitrogens is 1. The molecule has 0 saturated heterocycles. The molecule has 0 spiro atoms. The molecule has 1 N–H and O–H groups in total. The van der Waals surface area contributed by atoms with E-state index >= 15 is 0 Å². The molecule has 1 fully saturated rings. The van der Waals surface area contributed by atoms with E-state index in [9.17, 15) is 14.9 Å². The van der Waals surface area contributed by atoms with Crippen molar-refractivity contribution in [3.63, 3.8) is 0 Å². The van der Waals surface area contributed by atoms with Crippen LogP contribution in [0.15, 0.2) is 15.5 Å². The van der Waals surface area contributed by atoms with Crippen molar-refractivity contribution in [1.29, 1.82) is 0 Å². The van der Waals surface area contributed by atoms with Crippen molar-refractivity contribution in [1.82, 2.24) is 9.88 Å². The second-order valence-corrected chi connectivity index (χ2v) is 6.25. The van der Waals surface area contributed by atoms with Gasteiger partial charge in [-0.15, -0.1) is 0 Å². The van der Waals surface area contributed by atoms with E-state index in [1.165, 1.54) is 23.6 Å². The zero-order chi connectivity index (χ0) is 14.9. The highest BCUT2D eigenvalue weighted by Gasteiger charge is 2.22. The molecule has 0 bridgehead atoms. The third-order valence-corrected chi connectivity index (χ3v) is 4.41. The molecule has 0 aromatic carbocycles. The highest BCUT2D eigenvalue weighted by Crippen LogP contribution is 2.23. The summed E-state index contributed by atoms with van der Waals surface area (Å²) >= 11 is 3.16. The maximum absolute atomic E-state index is 12.1. The van der Waals surface area contributed by atoms with Crippen LogP contribution in [0.2, 0.25) is 0 Å². The number of pyridine rings is 1. The van der Waals surface area contributed by atoms with Gasteiger partial charge in [0.25, 0.3) is 11.2 Å². The number of hydrogen-bond donors (Lipinski definition) is 1. The summed E-state index contributed by atoms with van der Waals surface area (Å²) in [5.74, 6) is 0.238. The Balaban J connectivity index is 2.17. The molecule has 0 aliphatic heterocycles. The second-order valence-electron chi connectivity index (χ2n) is 5.46. The van der Waals surface area contributed by atoms with Crippen molar-refractivity contribution < 1.29 is 4.92 Å². The molecule has 1 aliphatic rings. The van der Waals surface area contributed by atoms with E-state index in [4.69, 9.17) is 0 Å². The molecule has 6 nitrogen and oxygen atoms in total. The molecule has 1 atom stereocenters. The number of nitrogens with one attached hydrogen (secondary N) is 1. The normalized spacial score (nSPS) is 16.1. The van der Waals surface area contributed by atoms with Gasteiger partial charge in [0.1, 0.15) is 0 Å². The number of nitrogens with zero attached hydrogens (tertiary/aromatic N) is 2. The molecule has 20 heavy (non-hydrogen) atoms. The third kappa shape index (κ3) is 3.46. The molecule has 1 unspecified atom stereocenters. The predicted molar refractivity (Wildman–Crippen MR) is 80.0 cm³/mol. The van der Waals surface area contributed by atoms with Gasteiger partial charge >= 0.3 is 0 Å². The summed E-state index contributed by atoms with van der Waals surface area (Å²) < 4.78 is 1.70. The highest BCUT2D eigenvalue weighted by molar-refractivity contribution is 9.10. The van der Waals surface area contributed by atoms with Crippen LogP contribution in [0.5, 0.6) is 0 Å². The van der Waals surface area contributed by atoms with Crippen LogP contribution in [0.25, 0.3) is 0 Å². The van der Waals surface area contributed by atoms with Crippen LogP contribution in [0.3, 0.4) is 0 Å². The maximum Gasteiger partial charge on any atom is 0.289 e. The number of rotatable bonds is 6. The predicted octanol–water partition coefficient (Wildman–Crippen LogP) is 2.22. The Bertz CT molecular complexity index is 581. The first-order valence-corrected chi connectivity index (χ1v) is 7.46. The Morgan fingerprint density at radius 2 is 2.25 bits per heavy atom. The summed E-state index contributed by atoms with van der Waals surface area (Å²) in [7, 11) is 0. The standard InChI is InChI=1S/C13H18BrN3O3/c1-8(5-15-10-3-4-10)6-16-7-11(17(19)20)9(2)12(14)13(16)18/h7-8,10,15H,3-6H2,1-2H3. The largest absolute Gasteiger partial charge is 0.314 e. The third-order valence-electron chi connectivity index (χ3n) is 3.48. The fraction of sp³-hybridized carbons (Fsp3) is 0.615. The Morgan fingerprint density at radius 1 is 1.60 bits per heavy atom. The van der Waals surface area contributed by atoms with Crippen LogP contribution in [0.1, 0.15) is 25.3 Å². The summed E-state index contributed by atoms with van der Waals surface area (Å²) in [4.78, 5) is 22.7. The van der Waals surface area contributed by atoms with Crippen LogP contribution in [-0.2, 0) is 6.54 Å². The molecule has 1 heterocycles. The first-order chi connectivity index (χ1) is 9.40. The van der Waals surface area contributed by atoms with Gasteiger partial charge < -0.3 is 9.88 Å². The van der Waals surface area contributed by atoms with Gasteiger partial charge in [0.05, 0.1) is 15.6 Å². The van der Waals surface area contributed by atoms with Gasteiger partial charge in [0.2, 0.25) is 0 Å². The molecule has 1 saturated carbocycles. The van der Waals surface area contributed by atoms with Gasteiger partial charge in [-0.2, -0.15) is 0 Å². The van der Waals surface area contributed by atoms with E-state index in [0.29, 0.717) is 18.2 Å². The Kier molecular flexibility index (Phi) is 4.59. The van der Waals surface area contributed by atoms with E-state index < -0.39 is 4.92 Å². The Morgan fingerprint density at radius 3 is 2.80 bits per heavy atom. The lowest BCUT2D eigenvalue weighted by Gasteiger charge is -2.15. The summed E-state index contributed by atoms with van der Waals surface area (Å²) in [6.45, 7) is 4.89. The van der Waals surface area contributed by atoms with Crippen LogP contribution in [-0.4, -0.2) is 22.1 Å². The fourth-order valence-electron chi connectivity index (χ4n) is 2.08. The van der Waals surface area contributed by atoms with Gasteiger partial charge in [-0.3, -0.25) is 14.9 Å². The van der Waals surface area contributed by atoms with Gasteiger partial charge in [-0.05, 0) is 48.2 Å². The number of hydrogen-bond acceptors (Lipinski definition) is 4. The molecule has 0 amide bonds. The first-order valence-electron chi connectivity index (χ1n) is 6.67. The number of halogens is 1. The SMILES string of the molecule is Cc1c([N+](=O)[O-])cn(CC(C)CNC2CC2)c(=O)c1Br. The van der Waals surface area contributed by atoms with Crippen LogP contribution < -0.4 is 10.9 Å². The van der Waals surface area contributed by atoms with E-state index in [0.717, 1.165) is 6.54 Å². The second kappa shape index (κ2) is 6.05. The van der Waals surface area contributed by atoms with Gasteiger partial charge in [0.15, 0.2) is 0 Å². The molecular formula is C13H18BrN3O3. The zero-order valence-corrected chi connectivity index (χ0v) is 13.1. The molecule has 1 aromatic heterocycles. The van der Waals surface area contributed by atoms with E-state index in [-0.39, 0.29) is 21.6 Å². The van der Waals surface area contributed by atoms with Crippen molar-refractivity contribution in [3.8, 4) is 0 Å². The van der Waals surface area contributed by atoms with Gasteiger partial charge in [-0.25, -0.2) is 0 Å². The monoisotopic (exact) mass is 343 g/mol. The van der Waals surface area contributed by atoms with Gasteiger partial charge in [0, 0.05) is 18.2 Å². The molecule has 1 aromatic rings. The fourth-order valence-corrected chi connectivity index (χ4v) is 2.51. The van der Waals surface area contributed by atoms with Gasteiger partial charge in [-0.1, -0.05) is 6.92 Å². The summed E-state index contributed by atoms with van der Waals surface area (Å²) in [6.07, 6.45) is 3.78. The minimum atomic E-state index is -0.455. The lowest BCUT2D eigenvalue weighted by atomic mass is 10.1. The van der Waals surface area contributed by atoms with E-state index in [2.05, 4.69) is 21.2 Å². The lowest BCUT2D eigenvalue weighted by molar-refractivity contribution is -0.386. The lowest BCUT2D eigenvalue weighted by Crippen LogP contribution is -2.30. The van der Waals surface area contributed by atoms with Crippen molar-refractivity contribution in [2.45, 2.75) is 39.3 Å². The zero-order valence-electron chi connectivity index (χ0n) is 11.6. The average Bonchev–Trinajstić information content (AvgIpc) is 3.20. The topological polar surface area (TPSA) is 77.2 Å². The number of nitro groups is 1. The van der Waals surface area contributed by atoms with E-state index in [1.807, 2.05) is 6.92 Å². The highest BCUT2D eigenvalue weighted by atomic mass is 79.9. The molecule has 1 aliphatic carbocycles. The Hall–Kier alpha value is -1.21. The molecule has 2 rings (SSSR count). The molecule has 110 valence electrons. The summed E-state index contributed by atoms with van der Waals surface area (Å²) in [5, 5.41) is 14.4. The quantitative estimate of drug-likeness (QED) is 0.634. The van der Waals surface area contributed by atoms with Crippen LogP contribution in [0.4, 0.5) is 5.69 Å². The maximum atomic E-state index is 12.1. The van der Waals surface area contributed by atoms with Crippen LogP contribution in [0, 0.1) is 23.0 Å². The minimum Gasteiger partial charge on any atom is -0.314 e. The Labute approximate surface area is 125 Å². The van der Waals surface area contributed by atoms with Crippen molar-refractivity contribution in [2.24, 2.45) is 5.92 Å². The summed E-state index contributed by atoms with van der Waals surface area (Å²) in [5.41, 5.74) is 0.130. The smallest absolute Gasteiger partial charge is 0.289 e. The average molecular weight is 344 g/mol. The molecular weight excluding hydrogens is 326 g/mol. The minimum absolute atomic E-state index is 0.0289. The molecule has 7 heteroatoms. The van der Waals surface area contributed by atoms with Crippen molar-refractivity contribution in [3.05, 3.63) is 36.7 Å².